The second kappa shape index (κ2) is 6.33. The van der Waals surface area contributed by atoms with Gasteiger partial charge in [-0.15, -0.1) is 0 Å². The molecular weight excluding hydrogens is 352 g/mol. The first kappa shape index (κ1) is 14.9. The van der Waals surface area contributed by atoms with E-state index < -0.39 is 17.5 Å². The third kappa shape index (κ3) is 3.55. The van der Waals surface area contributed by atoms with Gasteiger partial charge in [-0.05, 0) is 52.3 Å². The van der Waals surface area contributed by atoms with E-state index in [-0.39, 0.29) is 12.1 Å². The number of benzene rings is 2. The number of carbonyl (C=O) groups is 1. The van der Waals surface area contributed by atoms with Crippen LogP contribution in [0, 0.1) is 11.6 Å². The summed E-state index contributed by atoms with van der Waals surface area (Å²) >= 11 is 9.10. The topological polar surface area (TPSA) is 29.1 Å². The monoisotopic (exact) mass is 359 g/mol. The van der Waals surface area contributed by atoms with Crippen LogP contribution >= 0.6 is 27.5 Å². The van der Waals surface area contributed by atoms with Crippen molar-refractivity contribution in [3.05, 3.63) is 68.7 Å². The summed E-state index contributed by atoms with van der Waals surface area (Å²) in [5, 5.41) is 2.91. The van der Waals surface area contributed by atoms with Crippen molar-refractivity contribution < 1.29 is 13.6 Å². The van der Waals surface area contributed by atoms with Gasteiger partial charge in [-0.25, -0.2) is 8.78 Å². The molecule has 0 atom stereocenters. The molecule has 2 rings (SSSR count). The van der Waals surface area contributed by atoms with Gasteiger partial charge in [-0.2, -0.15) is 0 Å². The van der Waals surface area contributed by atoms with E-state index in [1.807, 2.05) is 0 Å². The lowest BCUT2D eigenvalue weighted by molar-refractivity contribution is 0.0950. The number of rotatable bonds is 3. The summed E-state index contributed by atoms with van der Waals surface area (Å²) in [5.41, 5.74) is 0.427. The van der Waals surface area contributed by atoms with Crippen molar-refractivity contribution in [1.29, 1.82) is 0 Å². The maximum Gasteiger partial charge on any atom is 0.251 e. The minimum Gasteiger partial charge on any atom is -0.348 e. The highest BCUT2D eigenvalue weighted by Crippen LogP contribution is 2.23. The second-order valence-electron chi connectivity index (χ2n) is 4.05. The summed E-state index contributed by atoms with van der Waals surface area (Å²) in [6, 6.07) is 7.79. The Labute approximate surface area is 127 Å². The van der Waals surface area contributed by atoms with Crippen molar-refractivity contribution in [2.24, 2.45) is 0 Å². The zero-order valence-electron chi connectivity index (χ0n) is 10.1. The van der Waals surface area contributed by atoms with Crippen LogP contribution in [0.5, 0.6) is 0 Å². The molecule has 0 spiro atoms. The van der Waals surface area contributed by atoms with Gasteiger partial charge in [-0.3, -0.25) is 4.79 Å². The fourth-order valence-corrected chi connectivity index (χ4v) is 2.02. The maximum absolute atomic E-state index is 13.4. The van der Waals surface area contributed by atoms with Gasteiger partial charge in [-0.1, -0.05) is 11.6 Å². The molecule has 104 valence electrons. The fraction of sp³-hybridized carbons (Fsp3) is 0.0714. The van der Waals surface area contributed by atoms with Crippen LogP contribution in [0.25, 0.3) is 0 Å². The standard InChI is InChI=1S/C14H9BrClF2NO/c15-11-3-1-8(6-12(11)16)14(20)19-7-9-5-10(17)2-4-13(9)18/h1-6H,7H2,(H,19,20). The zero-order valence-corrected chi connectivity index (χ0v) is 12.4. The van der Waals surface area contributed by atoms with Crippen LogP contribution < -0.4 is 5.32 Å². The Bertz CT molecular complexity index is 664. The molecule has 0 unspecified atom stereocenters. The normalized spacial score (nSPS) is 10.4. The molecule has 1 N–H and O–H groups in total. The summed E-state index contributed by atoms with van der Waals surface area (Å²) in [6.45, 7) is -0.101. The second-order valence-corrected chi connectivity index (χ2v) is 5.31. The Balaban J connectivity index is 2.08. The summed E-state index contributed by atoms with van der Waals surface area (Å²) < 4.78 is 27.1. The van der Waals surface area contributed by atoms with Crippen molar-refractivity contribution >= 4 is 33.4 Å². The van der Waals surface area contributed by atoms with Crippen molar-refractivity contribution in [1.82, 2.24) is 5.32 Å². The SMILES string of the molecule is O=C(NCc1cc(F)ccc1F)c1ccc(Br)c(Cl)c1. The van der Waals surface area contributed by atoms with Crippen LogP contribution in [0.15, 0.2) is 40.9 Å². The number of halogens is 4. The largest absolute Gasteiger partial charge is 0.348 e. The molecule has 2 aromatic carbocycles. The molecule has 0 aliphatic carbocycles. The molecule has 1 amide bonds. The Hall–Kier alpha value is -1.46. The van der Waals surface area contributed by atoms with E-state index in [1.165, 1.54) is 6.07 Å². The van der Waals surface area contributed by atoms with E-state index in [2.05, 4.69) is 21.2 Å². The predicted molar refractivity (Wildman–Crippen MR) is 76.7 cm³/mol. The van der Waals surface area contributed by atoms with Gasteiger partial charge in [0.1, 0.15) is 11.6 Å². The number of carbonyl (C=O) groups excluding carboxylic acids is 1. The average molecular weight is 361 g/mol. The minimum atomic E-state index is -0.569. The first-order chi connectivity index (χ1) is 9.47. The van der Waals surface area contributed by atoms with Gasteiger partial charge in [0, 0.05) is 22.1 Å². The van der Waals surface area contributed by atoms with Crippen LogP contribution in [-0.4, -0.2) is 5.91 Å². The molecule has 0 saturated heterocycles. The van der Waals surface area contributed by atoms with E-state index in [0.29, 0.717) is 15.1 Å². The Kier molecular flexibility index (Phi) is 4.73. The summed E-state index contributed by atoms with van der Waals surface area (Å²) in [6.07, 6.45) is 0. The molecule has 0 aliphatic heterocycles. The maximum atomic E-state index is 13.4. The van der Waals surface area contributed by atoms with Crippen molar-refractivity contribution in [3.63, 3.8) is 0 Å². The number of amides is 1. The van der Waals surface area contributed by atoms with Crippen LogP contribution in [0.1, 0.15) is 15.9 Å². The third-order valence-electron chi connectivity index (χ3n) is 2.63. The van der Waals surface area contributed by atoms with Crippen molar-refractivity contribution in [2.45, 2.75) is 6.54 Å². The highest BCUT2D eigenvalue weighted by atomic mass is 79.9. The van der Waals surface area contributed by atoms with Gasteiger partial charge in [0.25, 0.3) is 5.91 Å². The summed E-state index contributed by atoms with van der Waals surface area (Å²) in [7, 11) is 0. The van der Waals surface area contributed by atoms with Crippen molar-refractivity contribution in [2.75, 3.05) is 0 Å². The van der Waals surface area contributed by atoms with E-state index in [9.17, 15) is 13.6 Å². The molecule has 0 bridgehead atoms. The van der Waals surface area contributed by atoms with E-state index in [0.717, 1.165) is 18.2 Å². The molecule has 20 heavy (non-hydrogen) atoms. The van der Waals surface area contributed by atoms with Crippen LogP contribution in [0.2, 0.25) is 5.02 Å². The Morgan fingerprint density at radius 1 is 1.20 bits per heavy atom. The van der Waals surface area contributed by atoms with E-state index in [1.54, 1.807) is 12.1 Å². The summed E-state index contributed by atoms with van der Waals surface area (Å²) in [4.78, 5) is 11.9. The molecular formula is C14H9BrClF2NO. The molecule has 6 heteroatoms. The quantitative estimate of drug-likeness (QED) is 0.868. The predicted octanol–water partition coefficient (Wildman–Crippen LogP) is 4.31. The molecule has 0 fully saturated rings. The lowest BCUT2D eigenvalue weighted by atomic mass is 10.2. The fourth-order valence-electron chi connectivity index (χ4n) is 1.59. The first-order valence-corrected chi connectivity index (χ1v) is 6.81. The summed E-state index contributed by atoms with van der Waals surface area (Å²) in [5.74, 6) is -1.54. The lowest BCUT2D eigenvalue weighted by Gasteiger charge is -2.07. The Morgan fingerprint density at radius 3 is 2.65 bits per heavy atom. The number of nitrogens with one attached hydrogen (secondary N) is 1. The molecule has 0 radical (unpaired) electrons. The number of hydrogen-bond donors (Lipinski definition) is 1. The smallest absolute Gasteiger partial charge is 0.251 e. The lowest BCUT2D eigenvalue weighted by Crippen LogP contribution is -2.23. The molecule has 0 aromatic heterocycles. The zero-order chi connectivity index (χ0) is 14.7. The first-order valence-electron chi connectivity index (χ1n) is 5.64. The molecule has 2 nitrogen and oxygen atoms in total. The van der Waals surface area contributed by atoms with Crippen molar-refractivity contribution in [3.8, 4) is 0 Å². The molecule has 2 aromatic rings. The number of hydrogen-bond acceptors (Lipinski definition) is 1. The molecule has 0 heterocycles. The van der Waals surface area contributed by atoms with Gasteiger partial charge in [0.05, 0.1) is 5.02 Å². The highest BCUT2D eigenvalue weighted by molar-refractivity contribution is 9.10. The third-order valence-corrected chi connectivity index (χ3v) is 3.86. The van der Waals surface area contributed by atoms with E-state index >= 15 is 0 Å². The average Bonchev–Trinajstić information content (AvgIpc) is 2.42. The van der Waals surface area contributed by atoms with Crippen LogP contribution in [0.4, 0.5) is 8.78 Å². The van der Waals surface area contributed by atoms with Gasteiger partial charge in [0.15, 0.2) is 0 Å². The minimum absolute atomic E-state index is 0.0848. The van der Waals surface area contributed by atoms with Crippen LogP contribution in [0.3, 0.4) is 0 Å². The van der Waals surface area contributed by atoms with E-state index in [4.69, 9.17) is 11.6 Å². The highest BCUT2D eigenvalue weighted by Gasteiger charge is 2.09. The van der Waals surface area contributed by atoms with Gasteiger partial charge < -0.3 is 5.32 Å². The molecule has 0 saturated carbocycles. The van der Waals surface area contributed by atoms with Gasteiger partial charge in [0.2, 0.25) is 0 Å². The Morgan fingerprint density at radius 2 is 1.95 bits per heavy atom. The van der Waals surface area contributed by atoms with Crippen LogP contribution in [-0.2, 0) is 6.54 Å². The van der Waals surface area contributed by atoms with Gasteiger partial charge >= 0.3 is 0 Å². The molecule has 0 aliphatic rings.